The van der Waals surface area contributed by atoms with Crippen molar-refractivity contribution in [3.63, 3.8) is 0 Å². The predicted octanol–water partition coefficient (Wildman–Crippen LogP) is 4.61. The van der Waals surface area contributed by atoms with Crippen molar-refractivity contribution in [2.75, 3.05) is 5.32 Å². The standard InChI is InChI=1S/C14H11BrINO/c1-9-12(3-2-4-13(9)15)14(18)17-11-7-5-10(16)6-8-11/h2-8H,1H3,(H,17,18). The first kappa shape index (κ1) is 13.5. The maximum Gasteiger partial charge on any atom is 0.255 e. The first-order chi connectivity index (χ1) is 8.58. The first-order valence-electron chi connectivity index (χ1n) is 5.40. The Kier molecular flexibility index (Phi) is 4.40. The van der Waals surface area contributed by atoms with Gasteiger partial charge in [0.05, 0.1) is 0 Å². The van der Waals surface area contributed by atoms with E-state index in [2.05, 4.69) is 43.8 Å². The highest BCUT2D eigenvalue weighted by molar-refractivity contribution is 14.1. The Labute approximate surface area is 128 Å². The fourth-order valence-corrected chi connectivity index (χ4v) is 2.31. The van der Waals surface area contributed by atoms with Gasteiger partial charge in [-0.05, 0) is 71.5 Å². The van der Waals surface area contributed by atoms with E-state index < -0.39 is 0 Å². The maximum absolute atomic E-state index is 12.1. The Balaban J connectivity index is 2.22. The Morgan fingerprint density at radius 1 is 1.17 bits per heavy atom. The molecule has 0 aromatic heterocycles. The van der Waals surface area contributed by atoms with Gasteiger partial charge in [-0.25, -0.2) is 0 Å². The third-order valence-corrected chi connectivity index (χ3v) is 4.19. The summed E-state index contributed by atoms with van der Waals surface area (Å²) in [5, 5.41) is 2.89. The van der Waals surface area contributed by atoms with Gasteiger partial charge in [0, 0.05) is 19.3 Å². The van der Waals surface area contributed by atoms with Gasteiger partial charge in [0.15, 0.2) is 0 Å². The normalized spacial score (nSPS) is 10.2. The number of halogens is 2. The van der Waals surface area contributed by atoms with Crippen LogP contribution in [-0.4, -0.2) is 5.91 Å². The van der Waals surface area contributed by atoms with E-state index in [4.69, 9.17) is 0 Å². The monoisotopic (exact) mass is 415 g/mol. The van der Waals surface area contributed by atoms with Crippen LogP contribution in [0, 0.1) is 10.5 Å². The van der Waals surface area contributed by atoms with Gasteiger partial charge in [-0.1, -0.05) is 22.0 Å². The molecule has 1 amide bonds. The summed E-state index contributed by atoms with van der Waals surface area (Å²) >= 11 is 5.66. The minimum Gasteiger partial charge on any atom is -0.322 e. The molecule has 0 saturated heterocycles. The number of hydrogen-bond acceptors (Lipinski definition) is 1. The van der Waals surface area contributed by atoms with Crippen LogP contribution >= 0.6 is 38.5 Å². The van der Waals surface area contributed by atoms with Crippen LogP contribution in [0.25, 0.3) is 0 Å². The minimum atomic E-state index is -0.0880. The van der Waals surface area contributed by atoms with Gasteiger partial charge in [-0.2, -0.15) is 0 Å². The van der Waals surface area contributed by atoms with Crippen LogP contribution in [0.15, 0.2) is 46.9 Å². The minimum absolute atomic E-state index is 0.0880. The summed E-state index contributed by atoms with van der Waals surface area (Å²) in [5.41, 5.74) is 2.43. The molecule has 0 atom stereocenters. The van der Waals surface area contributed by atoms with Crippen molar-refractivity contribution < 1.29 is 4.79 Å². The largest absolute Gasteiger partial charge is 0.322 e. The molecule has 2 aromatic rings. The molecule has 2 nitrogen and oxygen atoms in total. The topological polar surface area (TPSA) is 29.1 Å². The van der Waals surface area contributed by atoms with Crippen LogP contribution in [0.1, 0.15) is 15.9 Å². The molecule has 1 N–H and O–H groups in total. The molecule has 92 valence electrons. The van der Waals surface area contributed by atoms with Gasteiger partial charge in [-0.3, -0.25) is 4.79 Å². The molecule has 18 heavy (non-hydrogen) atoms. The Bertz CT molecular complexity index is 581. The van der Waals surface area contributed by atoms with Crippen molar-refractivity contribution in [2.24, 2.45) is 0 Å². The third kappa shape index (κ3) is 3.11. The fourth-order valence-electron chi connectivity index (χ4n) is 1.59. The predicted molar refractivity (Wildman–Crippen MR) is 86.0 cm³/mol. The second-order valence-corrected chi connectivity index (χ2v) is 5.97. The van der Waals surface area contributed by atoms with Crippen molar-refractivity contribution in [1.82, 2.24) is 0 Å². The van der Waals surface area contributed by atoms with E-state index in [-0.39, 0.29) is 5.91 Å². The number of carbonyl (C=O) groups excluding carboxylic acids is 1. The molecule has 0 spiro atoms. The lowest BCUT2D eigenvalue weighted by Crippen LogP contribution is -2.13. The number of nitrogens with one attached hydrogen (secondary N) is 1. The number of rotatable bonds is 2. The first-order valence-corrected chi connectivity index (χ1v) is 7.27. The molecule has 0 saturated carbocycles. The van der Waals surface area contributed by atoms with Crippen molar-refractivity contribution >= 4 is 50.1 Å². The van der Waals surface area contributed by atoms with Crippen LogP contribution in [-0.2, 0) is 0 Å². The highest BCUT2D eigenvalue weighted by Gasteiger charge is 2.10. The van der Waals surface area contributed by atoms with E-state index in [0.29, 0.717) is 5.56 Å². The second kappa shape index (κ2) is 5.84. The zero-order chi connectivity index (χ0) is 13.1. The summed E-state index contributed by atoms with van der Waals surface area (Å²) in [5.74, 6) is -0.0880. The van der Waals surface area contributed by atoms with E-state index >= 15 is 0 Å². The van der Waals surface area contributed by atoms with E-state index in [1.807, 2.05) is 49.4 Å². The lowest BCUT2D eigenvalue weighted by Gasteiger charge is -2.08. The number of benzene rings is 2. The van der Waals surface area contributed by atoms with E-state index in [0.717, 1.165) is 19.3 Å². The highest BCUT2D eigenvalue weighted by atomic mass is 127. The van der Waals surface area contributed by atoms with Crippen molar-refractivity contribution in [3.8, 4) is 0 Å². The molecule has 0 bridgehead atoms. The number of hydrogen-bond donors (Lipinski definition) is 1. The van der Waals surface area contributed by atoms with Crippen LogP contribution in [0.3, 0.4) is 0 Å². The molecular formula is C14H11BrINO. The number of carbonyl (C=O) groups is 1. The highest BCUT2D eigenvalue weighted by Crippen LogP contribution is 2.20. The average molecular weight is 416 g/mol. The van der Waals surface area contributed by atoms with Crippen LogP contribution in [0.4, 0.5) is 5.69 Å². The van der Waals surface area contributed by atoms with Crippen molar-refractivity contribution in [3.05, 3.63) is 61.6 Å². The van der Waals surface area contributed by atoms with Gasteiger partial charge in [-0.15, -0.1) is 0 Å². The number of anilines is 1. The zero-order valence-electron chi connectivity index (χ0n) is 9.71. The van der Waals surface area contributed by atoms with Gasteiger partial charge in [0.1, 0.15) is 0 Å². The summed E-state index contributed by atoms with van der Waals surface area (Å²) in [6.45, 7) is 1.92. The summed E-state index contributed by atoms with van der Waals surface area (Å²) in [4.78, 5) is 12.1. The SMILES string of the molecule is Cc1c(Br)cccc1C(=O)Nc1ccc(I)cc1. The second-order valence-electron chi connectivity index (χ2n) is 3.87. The van der Waals surface area contributed by atoms with Crippen molar-refractivity contribution in [1.29, 1.82) is 0 Å². The van der Waals surface area contributed by atoms with Gasteiger partial charge in [0.25, 0.3) is 5.91 Å². The summed E-state index contributed by atoms with van der Waals surface area (Å²) in [6, 6.07) is 13.3. The summed E-state index contributed by atoms with van der Waals surface area (Å²) in [7, 11) is 0. The van der Waals surface area contributed by atoms with E-state index in [1.165, 1.54) is 0 Å². The van der Waals surface area contributed by atoms with Crippen LogP contribution in [0.5, 0.6) is 0 Å². The van der Waals surface area contributed by atoms with Gasteiger partial charge < -0.3 is 5.32 Å². The van der Waals surface area contributed by atoms with E-state index in [1.54, 1.807) is 0 Å². The quantitative estimate of drug-likeness (QED) is 0.712. The molecule has 2 aromatic carbocycles. The van der Waals surface area contributed by atoms with Crippen LogP contribution < -0.4 is 5.32 Å². The molecule has 0 aliphatic rings. The maximum atomic E-state index is 12.1. The molecule has 0 radical (unpaired) electrons. The summed E-state index contributed by atoms with van der Waals surface area (Å²) in [6.07, 6.45) is 0. The lowest BCUT2D eigenvalue weighted by molar-refractivity contribution is 0.102. The van der Waals surface area contributed by atoms with Crippen LogP contribution in [0.2, 0.25) is 0 Å². The number of amides is 1. The van der Waals surface area contributed by atoms with Gasteiger partial charge >= 0.3 is 0 Å². The van der Waals surface area contributed by atoms with E-state index in [9.17, 15) is 4.79 Å². The molecule has 0 aliphatic heterocycles. The average Bonchev–Trinajstić information content (AvgIpc) is 2.35. The molecule has 4 heteroatoms. The Morgan fingerprint density at radius 2 is 1.83 bits per heavy atom. The molecule has 2 rings (SSSR count). The van der Waals surface area contributed by atoms with Gasteiger partial charge in [0.2, 0.25) is 0 Å². The lowest BCUT2D eigenvalue weighted by atomic mass is 10.1. The summed E-state index contributed by atoms with van der Waals surface area (Å²) < 4.78 is 2.09. The molecule has 0 fully saturated rings. The third-order valence-electron chi connectivity index (χ3n) is 2.61. The molecule has 0 unspecified atom stereocenters. The molecule has 0 aliphatic carbocycles. The zero-order valence-corrected chi connectivity index (χ0v) is 13.4. The Hall–Kier alpha value is -0.880. The molecular weight excluding hydrogens is 405 g/mol. The smallest absolute Gasteiger partial charge is 0.255 e. The van der Waals surface area contributed by atoms with Crippen molar-refractivity contribution in [2.45, 2.75) is 6.92 Å². The molecule has 0 heterocycles. The Morgan fingerprint density at radius 3 is 2.50 bits per heavy atom. The fraction of sp³-hybridized carbons (Fsp3) is 0.0714.